The Bertz CT molecular complexity index is 721. The summed E-state index contributed by atoms with van der Waals surface area (Å²) in [6.07, 6.45) is 0. The minimum absolute atomic E-state index is 0.102. The van der Waals surface area contributed by atoms with E-state index in [9.17, 15) is 9.50 Å². The molecule has 2 N–H and O–H groups in total. The lowest BCUT2D eigenvalue weighted by Gasteiger charge is -2.05. The van der Waals surface area contributed by atoms with Gasteiger partial charge in [0, 0.05) is 5.52 Å². The number of ether oxygens (including phenoxy) is 1. The van der Waals surface area contributed by atoms with E-state index in [-0.39, 0.29) is 18.2 Å². The lowest BCUT2D eigenvalue weighted by molar-refractivity contribution is 0.286. The van der Waals surface area contributed by atoms with E-state index in [0.717, 1.165) is 16.6 Å². The van der Waals surface area contributed by atoms with Crippen LogP contribution in [0.4, 0.5) is 4.39 Å². The lowest BCUT2D eigenvalue weighted by Crippen LogP contribution is -1.95. The highest BCUT2D eigenvalue weighted by Crippen LogP contribution is 2.25. The molecule has 1 heterocycles. The van der Waals surface area contributed by atoms with E-state index in [1.165, 1.54) is 12.1 Å². The maximum absolute atomic E-state index is 13.1. The van der Waals surface area contributed by atoms with Gasteiger partial charge in [-0.25, -0.2) is 4.39 Å². The number of aromatic nitrogens is 1. The molecule has 19 heavy (non-hydrogen) atoms. The van der Waals surface area contributed by atoms with E-state index in [4.69, 9.17) is 4.74 Å². The zero-order chi connectivity index (χ0) is 13.2. The molecule has 96 valence electrons. The van der Waals surface area contributed by atoms with Crippen molar-refractivity contribution in [3.63, 3.8) is 0 Å². The Morgan fingerprint density at radius 1 is 1.11 bits per heavy atom. The smallest absolute Gasteiger partial charge is 0.161 e. The van der Waals surface area contributed by atoms with Gasteiger partial charge in [0.25, 0.3) is 0 Å². The minimum atomic E-state index is -0.275. The zero-order valence-corrected chi connectivity index (χ0v) is 10.1. The number of phenolic OH excluding ortho intramolecular Hbond substituents is 1. The van der Waals surface area contributed by atoms with E-state index in [2.05, 4.69) is 4.98 Å². The van der Waals surface area contributed by atoms with Gasteiger partial charge in [0.2, 0.25) is 0 Å². The Hall–Kier alpha value is -2.49. The first kappa shape index (κ1) is 11.6. The van der Waals surface area contributed by atoms with Crippen LogP contribution in [-0.4, -0.2) is 10.1 Å². The third kappa shape index (κ3) is 2.38. The number of benzene rings is 2. The first-order valence-corrected chi connectivity index (χ1v) is 5.90. The van der Waals surface area contributed by atoms with E-state index in [1.54, 1.807) is 30.3 Å². The summed E-state index contributed by atoms with van der Waals surface area (Å²) in [4.78, 5) is 3.08. The van der Waals surface area contributed by atoms with Crippen LogP contribution in [0.1, 0.15) is 5.69 Å². The number of halogens is 1. The van der Waals surface area contributed by atoms with Gasteiger partial charge in [0.1, 0.15) is 12.4 Å². The van der Waals surface area contributed by atoms with Crippen LogP contribution in [0.15, 0.2) is 48.5 Å². The fourth-order valence-corrected chi connectivity index (χ4v) is 1.97. The van der Waals surface area contributed by atoms with Crippen molar-refractivity contribution < 1.29 is 14.2 Å². The fraction of sp³-hybridized carbons (Fsp3) is 0.0667. The molecule has 3 aromatic rings. The molecule has 4 heteroatoms. The summed E-state index contributed by atoms with van der Waals surface area (Å²) in [5, 5.41) is 10.5. The van der Waals surface area contributed by atoms with Crippen molar-refractivity contribution >= 4 is 10.9 Å². The van der Waals surface area contributed by atoms with E-state index in [0.29, 0.717) is 5.75 Å². The summed E-state index contributed by atoms with van der Waals surface area (Å²) >= 11 is 0. The Labute approximate surface area is 109 Å². The van der Waals surface area contributed by atoms with E-state index in [1.807, 2.05) is 6.07 Å². The normalized spacial score (nSPS) is 10.8. The molecular weight excluding hydrogens is 245 g/mol. The predicted octanol–water partition coefficient (Wildman–Crippen LogP) is 3.59. The topological polar surface area (TPSA) is 45.2 Å². The second-order valence-electron chi connectivity index (χ2n) is 4.28. The van der Waals surface area contributed by atoms with Gasteiger partial charge in [-0.2, -0.15) is 0 Å². The summed E-state index contributed by atoms with van der Waals surface area (Å²) in [7, 11) is 0. The highest BCUT2D eigenvalue weighted by atomic mass is 19.1. The van der Waals surface area contributed by atoms with Crippen molar-refractivity contribution in [2.24, 2.45) is 0 Å². The number of para-hydroxylation sites is 2. The second kappa shape index (κ2) is 4.65. The average Bonchev–Trinajstić information content (AvgIpc) is 2.79. The fourth-order valence-electron chi connectivity index (χ4n) is 1.97. The number of hydrogen-bond donors (Lipinski definition) is 2. The molecule has 3 nitrogen and oxygen atoms in total. The number of nitrogens with one attached hydrogen (secondary N) is 1. The number of rotatable bonds is 3. The Kier molecular flexibility index (Phi) is 2.83. The molecule has 0 spiro atoms. The van der Waals surface area contributed by atoms with Gasteiger partial charge in [0.05, 0.1) is 5.69 Å². The van der Waals surface area contributed by atoms with Crippen molar-refractivity contribution in [3.8, 4) is 11.5 Å². The van der Waals surface area contributed by atoms with Crippen LogP contribution in [0.5, 0.6) is 11.5 Å². The zero-order valence-electron chi connectivity index (χ0n) is 10.1. The molecule has 0 fully saturated rings. The van der Waals surface area contributed by atoms with Gasteiger partial charge in [0.15, 0.2) is 11.5 Å². The maximum atomic E-state index is 13.1. The first-order chi connectivity index (χ1) is 9.22. The molecule has 0 atom stereocenters. The molecule has 2 aromatic carbocycles. The van der Waals surface area contributed by atoms with Crippen LogP contribution >= 0.6 is 0 Å². The van der Waals surface area contributed by atoms with Crippen molar-refractivity contribution in [2.45, 2.75) is 6.61 Å². The van der Waals surface area contributed by atoms with Crippen LogP contribution in [0, 0.1) is 5.82 Å². The second-order valence-corrected chi connectivity index (χ2v) is 4.28. The molecule has 0 aliphatic rings. The Morgan fingerprint density at radius 3 is 2.79 bits per heavy atom. The van der Waals surface area contributed by atoms with Gasteiger partial charge < -0.3 is 14.8 Å². The number of aromatic amines is 1. The maximum Gasteiger partial charge on any atom is 0.161 e. The molecule has 0 saturated carbocycles. The van der Waals surface area contributed by atoms with Gasteiger partial charge in [-0.05, 0) is 41.8 Å². The van der Waals surface area contributed by atoms with Crippen molar-refractivity contribution in [2.75, 3.05) is 0 Å². The predicted molar refractivity (Wildman–Crippen MR) is 70.7 cm³/mol. The lowest BCUT2D eigenvalue weighted by atomic mass is 10.2. The minimum Gasteiger partial charge on any atom is -0.504 e. The summed E-state index contributed by atoms with van der Waals surface area (Å²) in [6.45, 7) is 0.286. The summed E-state index contributed by atoms with van der Waals surface area (Å²) < 4.78 is 18.6. The summed E-state index contributed by atoms with van der Waals surface area (Å²) in [5.74, 6) is 0.250. The highest BCUT2D eigenvalue weighted by Gasteiger charge is 2.04. The molecular formula is C15H12FNO2. The number of phenols is 1. The highest BCUT2D eigenvalue weighted by molar-refractivity contribution is 5.80. The SMILES string of the molecule is Oc1ccccc1OCc1cc2ccc(F)cc2[nH]1. The van der Waals surface area contributed by atoms with E-state index >= 15 is 0 Å². The number of fused-ring (bicyclic) bond motifs is 1. The van der Waals surface area contributed by atoms with Crippen molar-refractivity contribution in [3.05, 3.63) is 60.0 Å². The van der Waals surface area contributed by atoms with Gasteiger partial charge >= 0.3 is 0 Å². The Balaban J connectivity index is 1.80. The standard InChI is InChI=1S/C15H12FNO2/c16-11-6-5-10-7-12(17-13(10)8-11)9-19-15-4-2-1-3-14(15)18/h1-8,17-18H,9H2. The van der Waals surface area contributed by atoms with Crippen molar-refractivity contribution in [1.82, 2.24) is 4.98 Å². The molecule has 3 rings (SSSR count). The largest absolute Gasteiger partial charge is 0.504 e. The third-order valence-electron chi connectivity index (χ3n) is 2.89. The third-order valence-corrected chi connectivity index (χ3v) is 2.89. The first-order valence-electron chi connectivity index (χ1n) is 5.90. The molecule has 0 aliphatic carbocycles. The average molecular weight is 257 g/mol. The molecule has 0 radical (unpaired) electrons. The van der Waals surface area contributed by atoms with Gasteiger partial charge in [-0.15, -0.1) is 0 Å². The van der Waals surface area contributed by atoms with Crippen LogP contribution in [0.2, 0.25) is 0 Å². The number of aromatic hydroxyl groups is 1. The van der Waals surface area contributed by atoms with Crippen LogP contribution < -0.4 is 4.74 Å². The molecule has 1 aromatic heterocycles. The van der Waals surface area contributed by atoms with Crippen molar-refractivity contribution in [1.29, 1.82) is 0 Å². The van der Waals surface area contributed by atoms with E-state index < -0.39 is 0 Å². The molecule has 0 bridgehead atoms. The van der Waals surface area contributed by atoms with Gasteiger partial charge in [-0.1, -0.05) is 12.1 Å². The van der Waals surface area contributed by atoms with Crippen LogP contribution in [-0.2, 0) is 6.61 Å². The summed E-state index contributed by atoms with van der Waals surface area (Å²) in [5.41, 5.74) is 1.56. The molecule has 0 saturated heterocycles. The van der Waals surface area contributed by atoms with Gasteiger partial charge in [-0.3, -0.25) is 0 Å². The molecule has 0 amide bonds. The summed E-state index contributed by atoms with van der Waals surface area (Å²) in [6, 6.07) is 13.2. The number of hydrogen-bond acceptors (Lipinski definition) is 2. The van der Waals surface area contributed by atoms with Crippen LogP contribution in [0.3, 0.4) is 0 Å². The molecule has 0 unspecified atom stereocenters. The Morgan fingerprint density at radius 2 is 1.95 bits per heavy atom. The van der Waals surface area contributed by atoms with Crippen LogP contribution in [0.25, 0.3) is 10.9 Å². The monoisotopic (exact) mass is 257 g/mol. The quantitative estimate of drug-likeness (QED) is 0.753. The molecule has 0 aliphatic heterocycles. The number of H-pyrrole nitrogens is 1.